The van der Waals surface area contributed by atoms with Gasteiger partial charge < -0.3 is 0 Å². The Kier molecular flexibility index (Phi) is 3.50. The summed E-state index contributed by atoms with van der Waals surface area (Å²) >= 11 is 1.28. The standard InChI is InChI=1S/C15H14N4O2S/c1-8-11-6-4-5-7-12(11)14(21)19(8)9(2)13(20)16-15-18-17-10(3)22-15/h4-7,9H,1H2,2-3H3,(H,16,18,20)/t9-/m1/s1. The molecule has 112 valence electrons. The molecule has 0 aliphatic carbocycles. The fraction of sp³-hybridized carbons (Fsp3) is 0.200. The summed E-state index contributed by atoms with van der Waals surface area (Å²) < 4.78 is 0. The predicted molar refractivity (Wildman–Crippen MR) is 84.4 cm³/mol. The molecule has 0 fully saturated rings. The molecule has 0 saturated heterocycles. The van der Waals surface area contributed by atoms with Gasteiger partial charge in [0.2, 0.25) is 11.0 Å². The quantitative estimate of drug-likeness (QED) is 0.943. The van der Waals surface area contributed by atoms with Gasteiger partial charge in [0.25, 0.3) is 5.91 Å². The van der Waals surface area contributed by atoms with Crippen molar-refractivity contribution in [2.24, 2.45) is 0 Å². The Labute approximate surface area is 131 Å². The molecule has 1 atom stereocenters. The molecule has 7 heteroatoms. The van der Waals surface area contributed by atoms with Gasteiger partial charge in [0.1, 0.15) is 11.0 Å². The van der Waals surface area contributed by atoms with Gasteiger partial charge in [-0.15, -0.1) is 10.2 Å². The summed E-state index contributed by atoms with van der Waals surface area (Å²) in [5.74, 6) is -0.532. The number of rotatable bonds is 3. The van der Waals surface area contributed by atoms with Crippen LogP contribution in [-0.2, 0) is 4.79 Å². The van der Waals surface area contributed by atoms with Crippen LogP contribution in [0.3, 0.4) is 0 Å². The van der Waals surface area contributed by atoms with E-state index in [-0.39, 0.29) is 11.8 Å². The number of anilines is 1. The van der Waals surface area contributed by atoms with E-state index in [2.05, 4.69) is 22.1 Å². The number of fused-ring (bicyclic) bond motifs is 1. The second-order valence-corrected chi connectivity index (χ2v) is 6.14. The van der Waals surface area contributed by atoms with Gasteiger partial charge in [0.15, 0.2) is 0 Å². The van der Waals surface area contributed by atoms with Gasteiger partial charge in [-0.05, 0) is 19.9 Å². The molecule has 22 heavy (non-hydrogen) atoms. The van der Waals surface area contributed by atoms with E-state index in [1.54, 1.807) is 26.0 Å². The van der Waals surface area contributed by atoms with Crippen molar-refractivity contribution in [1.82, 2.24) is 15.1 Å². The molecule has 1 aromatic carbocycles. The molecule has 0 saturated carbocycles. The molecule has 6 nitrogen and oxygen atoms in total. The molecule has 2 amide bonds. The largest absolute Gasteiger partial charge is 0.299 e. The SMILES string of the molecule is C=C1c2ccccc2C(=O)N1[C@H](C)C(=O)Nc1nnc(C)s1. The number of benzene rings is 1. The van der Waals surface area contributed by atoms with Crippen LogP contribution in [-0.4, -0.2) is 33.0 Å². The number of carbonyl (C=O) groups is 2. The van der Waals surface area contributed by atoms with Gasteiger partial charge in [-0.25, -0.2) is 0 Å². The molecular weight excluding hydrogens is 300 g/mol. The van der Waals surface area contributed by atoms with Crippen LogP contribution in [0.1, 0.15) is 27.9 Å². The Bertz CT molecular complexity index is 748. The van der Waals surface area contributed by atoms with Crippen molar-refractivity contribution >= 4 is 34.0 Å². The summed E-state index contributed by atoms with van der Waals surface area (Å²) in [5.41, 5.74) is 1.87. The highest BCUT2D eigenvalue weighted by atomic mass is 32.1. The summed E-state index contributed by atoms with van der Waals surface area (Å²) in [6.07, 6.45) is 0. The van der Waals surface area contributed by atoms with Gasteiger partial charge in [0, 0.05) is 16.8 Å². The summed E-state index contributed by atoms with van der Waals surface area (Å²) in [4.78, 5) is 26.2. The maximum atomic E-state index is 12.5. The zero-order valence-corrected chi connectivity index (χ0v) is 13.0. The van der Waals surface area contributed by atoms with Crippen molar-refractivity contribution in [3.8, 4) is 0 Å². The van der Waals surface area contributed by atoms with E-state index in [0.29, 0.717) is 16.4 Å². The number of hydrogen-bond donors (Lipinski definition) is 1. The highest BCUT2D eigenvalue weighted by molar-refractivity contribution is 7.15. The number of hydrogen-bond acceptors (Lipinski definition) is 5. The van der Waals surface area contributed by atoms with Crippen molar-refractivity contribution in [2.75, 3.05) is 5.32 Å². The van der Waals surface area contributed by atoms with Crippen LogP contribution >= 0.6 is 11.3 Å². The second-order valence-electron chi connectivity index (χ2n) is 4.96. The highest BCUT2D eigenvalue weighted by Crippen LogP contribution is 2.33. The van der Waals surface area contributed by atoms with Crippen LogP contribution in [0.25, 0.3) is 5.70 Å². The minimum Gasteiger partial charge on any atom is -0.299 e. The van der Waals surface area contributed by atoms with Crippen molar-refractivity contribution in [3.63, 3.8) is 0 Å². The molecule has 1 aromatic heterocycles. The minimum absolute atomic E-state index is 0.211. The average Bonchev–Trinajstić information content (AvgIpc) is 3.01. The van der Waals surface area contributed by atoms with E-state index in [1.807, 2.05) is 12.1 Å². The van der Waals surface area contributed by atoms with E-state index in [4.69, 9.17) is 0 Å². The van der Waals surface area contributed by atoms with E-state index in [0.717, 1.165) is 10.6 Å². The van der Waals surface area contributed by atoms with Gasteiger partial charge >= 0.3 is 0 Å². The third-order valence-electron chi connectivity index (χ3n) is 3.50. The van der Waals surface area contributed by atoms with Crippen molar-refractivity contribution in [2.45, 2.75) is 19.9 Å². The monoisotopic (exact) mass is 314 g/mol. The highest BCUT2D eigenvalue weighted by Gasteiger charge is 2.36. The molecule has 2 heterocycles. The van der Waals surface area contributed by atoms with Crippen LogP contribution in [0, 0.1) is 6.92 Å². The summed E-state index contributed by atoms with van der Waals surface area (Å²) in [6, 6.07) is 6.52. The topological polar surface area (TPSA) is 75.2 Å². The summed E-state index contributed by atoms with van der Waals surface area (Å²) in [6.45, 7) is 7.41. The van der Waals surface area contributed by atoms with Crippen LogP contribution < -0.4 is 5.32 Å². The Morgan fingerprint density at radius 2 is 2.00 bits per heavy atom. The molecule has 1 aliphatic heterocycles. The third kappa shape index (κ3) is 2.29. The zero-order chi connectivity index (χ0) is 15.9. The molecule has 0 unspecified atom stereocenters. The average molecular weight is 314 g/mol. The predicted octanol–water partition coefficient (Wildman–Crippen LogP) is 2.30. The number of amides is 2. The lowest BCUT2D eigenvalue weighted by Gasteiger charge is -2.24. The van der Waals surface area contributed by atoms with Crippen LogP contribution in [0.15, 0.2) is 30.8 Å². The Morgan fingerprint density at radius 1 is 1.32 bits per heavy atom. The molecule has 0 spiro atoms. The zero-order valence-electron chi connectivity index (χ0n) is 12.2. The van der Waals surface area contributed by atoms with Gasteiger partial charge in [-0.2, -0.15) is 0 Å². The maximum absolute atomic E-state index is 12.5. The number of nitrogens with one attached hydrogen (secondary N) is 1. The number of aromatic nitrogens is 2. The third-order valence-corrected chi connectivity index (χ3v) is 4.25. The Balaban J connectivity index is 1.81. The fourth-order valence-corrected chi connectivity index (χ4v) is 2.98. The van der Waals surface area contributed by atoms with Crippen LogP contribution in [0.4, 0.5) is 5.13 Å². The molecule has 1 N–H and O–H groups in total. The van der Waals surface area contributed by atoms with E-state index < -0.39 is 6.04 Å². The molecule has 1 aliphatic rings. The molecule has 0 bridgehead atoms. The maximum Gasteiger partial charge on any atom is 0.259 e. The summed E-state index contributed by atoms with van der Waals surface area (Å²) in [7, 11) is 0. The lowest BCUT2D eigenvalue weighted by atomic mass is 10.1. The Hall–Kier alpha value is -2.54. The number of nitrogens with zero attached hydrogens (tertiary/aromatic N) is 3. The first-order valence-electron chi connectivity index (χ1n) is 6.72. The van der Waals surface area contributed by atoms with Crippen LogP contribution in [0.5, 0.6) is 0 Å². The van der Waals surface area contributed by atoms with Gasteiger partial charge in [0.05, 0.1) is 0 Å². The normalized spacial score (nSPS) is 14.9. The smallest absolute Gasteiger partial charge is 0.259 e. The first-order valence-corrected chi connectivity index (χ1v) is 7.53. The van der Waals surface area contributed by atoms with E-state index >= 15 is 0 Å². The second kappa shape index (κ2) is 5.34. The minimum atomic E-state index is -0.684. The molecule has 2 aromatic rings. The van der Waals surface area contributed by atoms with E-state index in [9.17, 15) is 9.59 Å². The summed E-state index contributed by atoms with van der Waals surface area (Å²) in [5, 5.41) is 11.6. The van der Waals surface area contributed by atoms with E-state index in [1.165, 1.54) is 16.2 Å². The first-order chi connectivity index (χ1) is 10.5. The van der Waals surface area contributed by atoms with Crippen LogP contribution in [0.2, 0.25) is 0 Å². The first kappa shape index (κ1) is 14.4. The number of aryl methyl sites for hydroxylation is 1. The van der Waals surface area contributed by atoms with Gasteiger partial charge in [-0.1, -0.05) is 36.1 Å². The van der Waals surface area contributed by atoms with Crippen molar-refractivity contribution in [3.05, 3.63) is 47.0 Å². The van der Waals surface area contributed by atoms with Crippen molar-refractivity contribution in [1.29, 1.82) is 0 Å². The molecule has 0 radical (unpaired) electrons. The van der Waals surface area contributed by atoms with Crippen molar-refractivity contribution < 1.29 is 9.59 Å². The molecule has 3 rings (SSSR count). The molecular formula is C15H14N4O2S. The fourth-order valence-electron chi connectivity index (χ4n) is 2.39. The lowest BCUT2D eigenvalue weighted by molar-refractivity contribution is -0.119. The number of carbonyl (C=O) groups excluding carboxylic acids is 2. The Morgan fingerprint density at radius 3 is 2.59 bits per heavy atom. The van der Waals surface area contributed by atoms with Gasteiger partial charge in [-0.3, -0.25) is 19.8 Å². The lowest BCUT2D eigenvalue weighted by Crippen LogP contribution is -2.41.